The minimum absolute atomic E-state index is 0.0165. The zero-order valence-electron chi connectivity index (χ0n) is 18.0. The Labute approximate surface area is 178 Å². The zero-order chi connectivity index (χ0) is 20.9. The Bertz CT molecular complexity index is 1380. The molecule has 0 spiro atoms. The molecule has 30 heavy (non-hydrogen) atoms. The van der Waals surface area contributed by atoms with E-state index in [2.05, 4.69) is 100 Å². The predicted octanol–water partition coefficient (Wildman–Crippen LogP) is 8.53. The van der Waals surface area contributed by atoms with Crippen LogP contribution in [-0.2, 0) is 5.41 Å². The SMILES string of the molecule is Cc1cccc(-c2cccc(-c3cccc4oc5ccccc5c34)c2C(C)(C)C)c1. The van der Waals surface area contributed by atoms with Crippen molar-refractivity contribution in [2.45, 2.75) is 33.1 Å². The van der Waals surface area contributed by atoms with E-state index in [1.54, 1.807) is 0 Å². The van der Waals surface area contributed by atoms with E-state index >= 15 is 0 Å². The highest BCUT2D eigenvalue weighted by molar-refractivity contribution is 6.13. The Hall–Kier alpha value is -3.32. The van der Waals surface area contributed by atoms with Gasteiger partial charge in [0.1, 0.15) is 11.2 Å². The van der Waals surface area contributed by atoms with Crippen molar-refractivity contribution in [3.05, 3.63) is 96.1 Å². The first-order valence-electron chi connectivity index (χ1n) is 10.5. The summed E-state index contributed by atoms with van der Waals surface area (Å²) in [4.78, 5) is 0. The molecular formula is C29H26O. The lowest BCUT2D eigenvalue weighted by molar-refractivity contribution is 0.594. The molecule has 0 unspecified atom stereocenters. The summed E-state index contributed by atoms with van der Waals surface area (Å²) >= 11 is 0. The fourth-order valence-corrected chi connectivity index (χ4v) is 4.64. The van der Waals surface area contributed by atoms with Gasteiger partial charge in [0.2, 0.25) is 0 Å². The summed E-state index contributed by atoms with van der Waals surface area (Å²) in [6, 6.07) is 30.2. The second kappa shape index (κ2) is 6.88. The van der Waals surface area contributed by atoms with Crippen LogP contribution in [0.5, 0.6) is 0 Å². The highest BCUT2D eigenvalue weighted by atomic mass is 16.3. The average molecular weight is 391 g/mol. The molecule has 148 valence electrons. The average Bonchev–Trinajstić information content (AvgIpc) is 3.11. The molecule has 0 N–H and O–H groups in total. The molecule has 0 aliphatic rings. The quantitative estimate of drug-likeness (QED) is 0.294. The van der Waals surface area contributed by atoms with Crippen LogP contribution in [0.1, 0.15) is 31.9 Å². The minimum Gasteiger partial charge on any atom is -0.456 e. The van der Waals surface area contributed by atoms with Crippen LogP contribution in [0.4, 0.5) is 0 Å². The Balaban J connectivity index is 1.88. The van der Waals surface area contributed by atoms with Crippen LogP contribution in [-0.4, -0.2) is 0 Å². The first kappa shape index (κ1) is 18.7. The summed E-state index contributed by atoms with van der Waals surface area (Å²) in [7, 11) is 0. The zero-order valence-corrected chi connectivity index (χ0v) is 18.0. The summed E-state index contributed by atoms with van der Waals surface area (Å²) in [5.41, 5.74) is 9.59. The van der Waals surface area contributed by atoms with Gasteiger partial charge in [-0.3, -0.25) is 0 Å². The molecule has 0 saturated heterocycles. The monoisotopic (exact) mass is 390 g/mol. The van der Waals surface area contributed by atoms with E-state index in [1.807, 2.05) is 12.1 Å². The maximum Gasteiger partial charge on any atom is 0.136 e. The summed E-state index contributed by atoms with van der Waals surface area (Å²) in [5.74, 6) is 0. The lowest BCUT2D eigenvalue weighted by Gasteiger charge is -2.27. The van der Waals surface area contributed by atoms with Gasteiger partial charge < -0.3 is 4.42 Å². The molecule has 1 heteroatoms. The summed E-state index contributed by atoms with van der Waals surface area (Å²) in [5, 5.41) is 2.36. The van der Waals surface area contributed by atoms with E-state index in [1.165, 1.54) is 44.2 Å². The summed E-state index contributed by atoms with van der Waals surface area (Å²) in [6.45, 7) is 9.07. The normalized spacial score (nSPS) is 12.0. The third-order valence-corrected chi connectivity index (χ3v) is 5.84. The molecule has 0 radical (unpaired) electrons. The molecule has 1 aromatic heterocycles. The molecule has 0 amide bonds. The second-order valence-electron chi connectivity index (χ2n) is 9.12. The Morgan fingerprint density at radius 3 is 2.10 bits per heavy atom. The molecule has 0 bridgehead atoms. The third kappa shape index (κ3) is 3.02. The van der Waals surface area contributed by atoms with Gasteiger partial charge in [0.15, 0.2) is 0 Å². The van der Waals surface area contributed by atoms with Gasteiger partial charge in [-0.05, 0) is 52.3 Å². The van der Waals surface area contributed by atoms with E-state index in [4.69, 9.17) is 4.42 Å². The number of benzene rings is 4. The first-order valence-corrected chi connectivity index (χ1v) is 10.5. The van der Waals surface area contributed by atoms with Crippen LogP contribution in [0.25, 0.3) is 44.2 Å². The van der Waals surface area contributed by atoms with Crippen LogP contribution in [0.2, 0.25) is 0 Å². The van der Waals surface area contributed by atoms with Gasteiger partial charge in [0, 0.05) is 10.8 Å². The maximum absolute atomic E-state index is 6.17. The standard InChI is InChI=1S/C29H26O/c1-19-10-7-11-20(18-19)21-13-8-15-23(28(21)29(2,3)4)22-14-9-17-26-27(22)24-12-5-6-16-25(24)30-26/h5-18H,1-4H3. The first-order chi connectivity index (χ1) is 14.4. The number of hydrogen-bond donors (Lipinski definition) is 0. The van der Waals surface area contributed by atoms with Crippen LogP contribution in [0.3, 0.4) is 0 Å². The van der Waals surface area contributed by atoms with Crippen molar-refractivity contribution < 1.29 is 4.42 Å². The molecule has 5 aromatic rings. The minimum atomic E-state index is -0.0165. The maximum atomic E-state index is 6.17. The van der Waals surface area contributed by atoms with Crippen molar-refractivity contribution in [1.82, 2.24) is 0 Å². The molecule has 1 heterocycles. The largest absolute Gasteiger partial charge is 0.456 e. The topological polar surface area (TPSA) is 13.1 Å². The number of para-hydroxylation sites is 1. The lowest BCUT2D eigenvalue weighted by Crippen LogP contribution is -2.14. The van der Waals surface area contributed by atoms with Crippen molar-refractivity contribution in [1.29, 1.82) is 0 Å². The van der Waals surface area contributed by atoms with Crippen LogP contribution < -0.4 is 0 Å². The van der Waals surface area contributed by atoms with Crippen LogP contribution in [0, 0.1) is 6.92 Å². The highest BCUT2D eigenvalue weighted by Gasteiger charge is 2.25. The van der Waals surface area contributed by atoms with Crippen molar-refractivity contribution in [3.8, 4) is 22.3 Å². The number of fused-ring (bicyclic) bond motifs is 3. The number of aryl methyl sites for hydroxylation is 1. The van der Waals surface area contributed by atoms with Gasteiger partial charge in [-0.25, -0.2) is 0 Å². The third-order valence-electron chi connectivity index (χ3n) is 5.84. The smallest absolute Gasteiger partial charge is 0.136 e. The summed E-state index contributed by atoms with van der Waals surface area (Å²) in [6.07, 6.45) is 0. The van der Waals surface area contributed by atoms with Crippen molar-refractivity contribution in [2.75, 3.05) is 0 Å². The van der Waals surface area contributed by atoms with Crippen LogP contribution >= 0.6 is 0 Å². The molecule has 0 saturated carbocycles. The molecule has 0 aliphatic heterocycles. The number of furan rings is 1. The van der Waals surface area contributed by atoms with E-state index in [9.17, 15) is 0 Å². The fourth-order valence-electron chi connectivity index (χ4n) is 4.64. The summed E-state index contributed by atoms with van der Waals surface area (Å²) < 4.78 is 6.17. The predicted molar refractivity (Wildman–Crippen MR) is 128 cm³/mol. The van der Waals surface area contributed by atoms with Crippen LogP contribution in [0.15, 0.2) is 89.3 Å². The molecular weight excluding hydrogens is 364 g/mol. The molecule has 0 aliphatic carbocycles. The molecule has 4 aromatic carbocycles. The Kier molecular flexibility index (Phi) is 4.29. The highest BCUT2D eigenvalue weighted by Crippen LogP contribution is 2.44. The molecule has 5 rings (SSSR count). The van der Waals surface area contributed by atoms with E-state index in [0.29, 0.717) is 0 Å². The van der Waals surface area contributed by atoms with Gasteiger partial charge in [-0.1, -0.05) is 99.1 Å². The van der Waals surface area contributed by atoms with E-state index < -0.39 is 0 Å². The molecule has 0 atom stereocenters. The number of hydrogen-bond acceptors (Lipinski definition) is 1. The Morgan fingerprint density at radius 2 is 1.30 bits per heavy atom. The van der Waals surface area contributed by atoms with Gasteiger partial charge in [0.25, 0.3) is 0 Å². The Morgan fingerprint density at radius 1 is 0.633 bits per heavy atom. The number of rotatable bonds is 2. The van der Waals surface area contributed by atoms with Gasteiger partial charge in [-0.15, -0.1) is 0 Å². The van der Waals surface area contributed by atoms with E-state index in [0.717, 1.165) is 11.2 Å². The van der Waals surface area contributed by atoms with Gasteiger partial charge in [0.05, 0.1) is 0 Å². The van der Waals surface area contributed by atoms with Crippen molar-refractivity contribution >= 4 is 21.9 Å². The second-order valence-corrected chi connectivity index (χ2v) is 9.12. The van der Waals surface area contributed by atoms with Crippen molar-refractivity contribution in [2.24, 2.45) is 0 Å². The molecule has 0 fully saturated rings. The molecule has 1 nitrogen and oxygen atoms in total. The fraction of sp³-hybridized carbons (Fsp3) is 0.172. The van der Waals surface area contributed by atoms with E-state index in [-0.39, 0.29) is 5.41 Å². The van der Waals surface area contributed by atoms with Gasteiger partial charge >= 0.3 is 0 Å². The lowest BCUT2D eigenvalue weighted by atomic mass is 9.76. The van der Waals surface area contributed by atoms with Gasteiger partial charge in [-0.2, -0.15) is 0 Å². The van der Waals surface area contributed by atoms with Crippen molar-refractivity contribution in [3.63, 3.8) is 0 Å².